The van der Waals surface area contributed by atoms with Crippen LogP contribution in [0.3, 0.4) is 0 Å². The third-order valence-corrected chi connectivity index (χ3v) is 7.77. The Bertz CT molecular complexity index is 817. The quantitative estimate of drug-likeness (QED) is 0.732. The van der Waals surface area contributed by atoms with Gasteiger partial charge >= 0.3 is 0 Å². The highest BCUT2D eigenvalue weighted by Gasteiger charge is 2.44. The first kappa shape index (κ1) is 19.5. The van der Waals surface area contributed by atoms with Gasteiger partial charge in [-0.2, -0.15) is 0 Å². The van der Waals surface area contributed by atoms with E-state index in [2.05, 4.69) is 22.1 Å². The molecule has 3 aliphatic heterocycles. The second-order valence-electron chi connectivity index (χ2n) is 8.34. The predicted octanol–water partition coefficient (Wildman–Crippen LogP) is 3.86. The molecule has 29 heavy (non-hydrogen) atoms. The summed E-state index contributed by atoms with van der Waals surface area (Å²) in [5.41, 5.74) is 5.78. The van der Waals surface area contributed by atoms with Crippen molar-refractivity contribution in [3.8, 4) is 0 Å². The van der Waals surface area contributed by atoms with Crippen molar-refractivity contribution in [1.82, 2.24) is 14.9 Å². The van der Waals surface area contributed by atoms with E-state index in [1.807, 2.05) is 11.8 Å². The second kappa shape index (κ2) is 8.74. The summed E-state index contributed by atoms with van der Waals surface area (Å²) in [6, 6.07) is 0. The smallest absolute Gasteiger partial charge is 0.143 e. The fraction of sp³-hybridized carbons (Fsp3) is 0.682. The number of hydrogen-bond acceptors (Lipinski definition) is 7. The Kier molecular flexibility index (Phi) is 5.88. The number of rotatable bonds is 7. The first-order valence-electron chi connectivity index (χ1n) is 11.2. The molecule has 0 aromatic carbocycles. The zero-order valence-electron chi connectivity index (χ0n) is 17.3. The van der Waals surface area contributed by atoms with Crippen molar-refractivity contribution in [1.29, 1.82) is 0 Å². The monoisotopic (exact) mass is 413 g/mol. The van der Waals surface area contributed by atoms with Crippen LogP contribution in [0.25, 0.3) is 0 Å². The number of allylic oxidation sites excluding steroid dienone is 1. The van der Waals surface area contributed by atoms with Crippen LogP contribution in [0, 0.1) is 0 Å². The van der Waals surface area contributed by atoms with E-state index in [4.69, 9.17) is 14.7 Å². The van der Waals surface area contributed by atoms with E-state index in [-0.39, 0.29) is 5.37 Å². The second-order valence-corrected chi connectivity index (χ2v) is 9.47. The minimum atomic E-state index is 0.255. The van der Waals surface area contributed by atoms with E-state index in [0.29, 0.717) is 5.92 Å². The average Bonchev–Trinajstić information content (AvgIpc) is 3.37. The van der Waals surface area contributed by atoms with Crippen LogP contribution in [0.15, 0.2) is 27.4 Å². The van der Waals surface area contributed by atoms with Crippen molar-refractivity contribution in [2.24, 2.45) is 4.99 Å². The van der Waals surface area contributed by atoms with Gasteiger partial charge in [-0.3, -0.25) is 9.89 Å². The molecule has 1 N–H and O–H groups in total. The normalized spacial score (nSPS) is 26.2. The van der Waals surface area contributed by atoms with Crippen LogP contribution < -0.4 is 5.32 Å². The summed E-state index contributed by atoms with van der Waals surface area (Å²) < 4.78 is 5.44. The van der Waals surface area contributed by atoms with E-state index in [1.165, 1.54) is 48.4 Å². The fourth-order valence-corrected chi connectivity index (χ4v) is 6.39. The summed E-state index contributed by atoms with van der Waals surface area (Å²) in [5.74, 6) is 1.36. The minimum Gasteiger partial charge on any atom is -0.379 e. The molecule has 0 spiro atoms. The van der Waals surface area contributed by atoms with Crippen LogP contribution in [0.2, 0.25) is 0 Å². The van der Waals surface area contributed by atoms with E-state index in [9.17, 15) is 0 Å². The van der Waals surface area contributed by atoms with Crippen LogP contribution in [0.1, 0.15) is 57.1 Å². The molecule has 1 aliphatic carbocycles. The number of anilines is 1. The van der Waals surface area contributed by atoms with Gasteiger partial charge in [-0.25, -0.2) is 9.97 Å². The molecule has 0 saturated carbocycles. The van der Waals surface area contributed by atoms with E-state index in [1.54, 1.807) is 17.5 Å². The lowest BCUT2D eigenvalue weighted by Gasteiger charge is -2.26. The van der Waals surface area contributed by atoms with Gasteiger partial charge in [-0.05, 0) is 37.7 Å². The summed E-state index contributed by atoms with van der Waals surface area (Å²) in [4.78, 5) is 18.3. The number of aromatic nitrogens is 2. The molecule has 156 valence electrons. The number of morpholine rings is 1. The Balaban J connectivity index is 1.33. The van der Waals surface area contributed by atoms with Gasteiger partial charge in [-0.15, -0.1) is 0 Å². The number of ether oxygens (including phenoxy) is 1. The lowest BCUT2D eigenvalue weighted by Crippen LogP contribution is -2.39. The minimum absolute atomic E-state index is 0.255. The SMILES string of the molecule is CCCCC1=N[C@@H]2Sc3c(NCCN4CCOCC4)ncnc3[C@@H]2C2=C1CCC2. The van der Waals surface area contributed by atoms with Gasteiger partial charge in [0.25, 0.3) is 0 Å². The number of dihydropyridines is 1. The number of thioether (sulfide) groups is 1. The number of hydrogen-bond donors (Lipinski definition) is 1. The molecule has 0 bridgehead atoms. The van der Waals surface area contributed by atoms with E-state index < -0.39 is 0 Å². The molecular formula is C22H31N5OS. The van der Waals surface area contributed by atoms with Gasteiger partial charge in [0.2, 0.25) is 0 Å². The highest BCUT2D eigenvalue weighted by Crippen LogP contribution is 2.55. The van der Waals surface area contributed by atoms with Crippen LogP contribution in [-0.4, -0.2) is 65.3 Å². The molecule has 4 heterocycles. The number of nitrogens with zero attached hydrogens (tertiary/aromatic N) is 4. The first-order valence-corrected chi connectivity index (χ1v) is 12.1. The van der Waals surface area contributed by atoms with Crippen molar-refractivity contribution in [2.45, 2.75) is 61.6 Å². The topological polar surface area (TPSA) is 62.6 Å². The Labute approximate surface area is 177 Å². The van der Waals surface area contributed by atoms with Gasteiger partial charge < -0.3 is 10.1 Å². The largest absolute Gasteiger partial charge is 0.379 e. The Morgan fingerprint density at radius 2 is 2.14 bits per heavy atom. The predicted molar refractivity (Wildman–Crippen MR) is 118 cm³/mol. The molecular weight excluding hydrogens is 382 g/mol. The summed E-state index contributed by atoms with van der Waals surface area (Å²) in [7, 11) is 0. The molecule has 5 rings (SSSR count). The lowest BCUT2D eigenvalue weighted by molar-refractivity contribution is 0.0398. The van der Waals surface area contributed by atoms with Crippen molar-refractivity contribution in [3.05, 3.63) is 23.2 Å². The van der Waals surface area contributed by atoms with Gasteiger partial charge in [-0.1, -0.05) is 30.7 Å². The van der Waals surface area contributed by atoms with Crippen molar-refractivity contribution >= 4 is 23.3 Å². The molecule has 7 heteroatoms. The van der Waals surface area contributed by atoms with Crippen molar-refractivity contribution in [3.63, 3.8) is 0 Å². The molecule has 0 radical (unpaired) electrons. The highest BCUT2D eigenvalue weighted by molar-refractivity contribution is 8.00. The molecule has 0 unspecified atom stereocenters. The molecule has 6 nitrogen and oxygen atoms in total. The molecule has 0 amide bonds. The van der Waals surface area contributed by atoms with E-state index >= 15 is 0 Å². The van der Waals surface area contributed by atoms with Crippen molar-refractivity contribution in [2.75, 3.05) is 44.7 Å². The summed E-state index contributed by atoms with van der Waals surface area (Å²) in [6.45, 7) is 7.92. The van der Waals surface area contributed by atoms with Crippen molar-refractivity contribution < 1.29 is 4.74 Å². The number of aliphatic imine (C=N–C) groups is 1. The van der Waals surface area contributed by atoms with Gasteiger partial charge in [0.1, 0.15) is 17.5 Å². The zero-order valence-corrected chi connectivity index (χ0v) is 18.1. The molecule has 1 aromatic rings. The van der Waals surface area contributed by atoms with Gasteiger partial charge in [0.15, 0.2) is 0 Å². The summed E-state index contributed by atoms with van der Waals surface area (Å²) in [6.07, 6.45) is 9.03. The standard InChI is InChI=1S/C22H31N5OS/c1-2-3-7-17-15-5-4-6-16(15)18-19-20(29-22(18)26-17)21(25-14-24-19)23-8-9-27-10-12-28-13-11-27/h14,18,22H,2-13H2,1H3,(H,23,24,25)/t18-,22+/m0/s1. The van der Waals surface area contributed by atoms with Crippen LogP contribution in [0.4, 0.5) is 5.82 Å². The van der Waals surface area contributed by atoms with E-state index in [0.717, 1.165) is 51.6 Å². The molecule has 2 atom stereocenters. The Morgan fingerprint density at radius 1 is 1.24 bits per heavy atom. The molecule has 1 saturated heterocycles. The summed E-state index contributed by atoms with van der Waals surface area (Å²) in [5, 5.41) is 3.84. The maximum Gasteiger partial charge on any atom is 0.143 e. The third-order valence-electron chi connectivity index (χ3n) is 6.51. The number of fused-ring (bicyclic) bond motifs is 4. The van der Waals surface area contributed by atoms with Gasteiger partial charge in [0.05, 0.1) is 29.7 Å². The van der Waals surface area contributed by atoms with Crippen LogP contribution in [0.5, 0.6) is 0 Å². The molecule has 4 aliphatic rings. The third kappa shape index (κ3) is 3.84. The Hall–Kier alpha value is -1.44. The molecule has 1 fully saturated rings. The fourth-order valence-electron chi connectivity index (χ4n) is 5.00. The van der Waals surface area contributed by atoms with Crippen LogP contribution >= 0.6 is 11.8 Å². The number of unbranched alkanes of at least 4 members (excludes halogenated alkanes) is 1. The van der Waals surface area contributed by atoms with Crippen LogP contribution in [-0.2, 0) is 4.74 Å². The lowest BCUT2D eigenvalue weighted by atomic mass is 9.87. The maximum absolute atomic E-state index is 5.44. The summed E-state index contributed by atoms with van der Waals surface area (Å²) >= 11 is 1.88. The zero-order chi connectivity index (χ0) is 19.6. The Morgan fingerprint density at radius 3 is 3.00 bits per heavy atom. The molecule has 1 aromatic heterocycles. The number of nitrogens with one attached hydrogen (secondary N) is 1. The highest BCUT2D eigenvalue weighted by atomic mass is 32.2. The van der Waals surface area contributed by atoms with Gasteiger partial charge in [0, 0.05) is 31.9 Å². The first-order chi connectivity index (χ1) is 14.3. The average molecular weight is 414 g/mol. The maximum atomic E-state index is 5.44.